The molecule has 0 spiro atoms. The number of pyridine rings is 1. The Labute approximate surface area is 191 Å². The highest BCUT2D eigenvalue weighted by Gasteiger charge is 2.26. The number of aromatic nitrogens is 2. The van der Waals surface area contributed by atoms with E-state index in [0.717, 1.165) is 26.9 Å². The molecule has 0 N–H and O–H groups in total. The minimum Gasteiger partial charge on any atom is -0.283 e. The molecule has 0 radical (unpaired) electrons. The number of hydrogen-bond acceptors (Lipinski definition) is 6. The molecule has 4 rings (SSSR count). The highest BCUT2D eigenvalue weighted by Crippen LogP contribution is 2.34. The van der Waals surface area contributed by atoms with Crippen LogP contribution in [0.5, 0.6) is 0 Å². The van der Waals surface area contributed by atoms with Gasteiger partial charge in [0.1, 0.15) is 5.75 Å². The van der Waals surface area contributed by atoms with Crippen molar-refractivity contribution in [1.29, 1.82) is 0 Å². The second kappa shape index (κ2) is 9.18. The maximum atomic E-state index is 13.3. The summed E-state index contributed by atoms with van der Waals surface area (Å²) in [5.41, 5.74) is 4.37. The van der Waals surface area contributed by atoms with Crippen molar-refractivity contribution >= 4 is 42.4 Å². The maximum Gasteiger partial charge on any atom is 0.244 e. The maximum absolute atomic E-state index is 13.3. The molecule has 8 heteroatoms. The van der Waals surface area contributed by atoms with E-state index < -0.39 is 21.5 Å². The lowest BCUT2D eigenvalue weighted by Crippen LogP contribution is -2.35. The number of fused-ring (bicyclic) bond motifs is 1. The number of sulfone groups is 1. The van der Waals surface area contributed by atoms with Crippen LogP contribution in [0.1, 0.15) is 22.3 Å². The molecule has 0 aliphatic rings. The molecule has 0 bridgehead atoms. The van der Waals surface area contributed by atoms with Crippen molar-refractivity contribution in [2.45, 2.75) is 26.1 Å². The van der Waals surface area contributed by atoms with Crippen LogP contribution >= 0.6 is 11.3 Å². The first kappa shape index (κ1) is 22.1. The quantitative estimate of drug-likeness (QED) is 0.403. The molecule has 164 valence electrons. The summed E-state index contributed by atoms with van der Waals surface area (Å²) in [6.45, 7) is 4.18. The molecule has 1 amide bonds. The SMILES string of the molecule is Cc1ccc(C)c2sc(N(Cc3cccnc3)C(=O)CS(=O)(=O)Cc3ccccc3)nc12. The van der Waals surface area contributed by atoms with Gasteiger partial charge in [0.2, 0.25) is 5.91 Å². The summed E-state index contributed by atoms with van der Waals surface area (Å²) in [7, 11) is -3.66. The molecule has 2 heterocycles. The number of rotatable bonds is 7. The van der Waals surface area contributed by atoms with Crippen molar-refractivity contribution in [3.8, 4) is 0 Å². The number of amides is 1. The monoisotopic (exact) mass is 465 g/mol. The summed E-state index contributed by atoms with van der Waals surface area (Å²) in [5, 5.41) is 0.487. The topological polar surface area (TPSA) is 80.2 Å². The average Bonchev–Trinajstić information content (AvgIpc) is 3.22. The van der Waals surface area contributed by atoms with Crippen LogP contribution in [0.3, 0.4) is 0 Å². The van der Waals surface area contributed by atoms with E-state index in [9.17, 15) is 13.2 Å². The van der Waals surface area contributed by atoms with Crippen molar-refractivity contribution in [3.05, 3.63) is 89.2 Å². The van der Waals surface area contributed by atoms with Gasteiger partial charge in [0.05, 0.1) is 22.5 Å². The fourth-order valence-electron chi connectivity index (χ4n) is 3.45. The molecule has 32 heavy (non-hydrogen) atoms. The van der Waals surface area contributed by atoms with Crippen LogP contribution < -0.4 is 4.90 Å². The van der Waals surface area contributed by atoms with Crippen molar-refractivity contribution < 1.29 is 13.2 Å². The number of aryl methyl sites for hydroxylation is 2. The summed E-state index contributed by atoms with van der Waals surface area (Å²) < 4.78 is 26.6. The normalized spacial score (nSPS) is 11.6. The van der Waals surface area contributed by atoms with Gasteiger partial charge in [0.25, 0.3) is 0 Å². The fourth-order valence-corrected chi connectivity index (χ4v) is 5.91. The molecule has 0 fully saturated rings. The van der Waals surface area contributed by atoms with Gasteiger partial charge in [-0.25, -0.2) is 13.4 Å². The predicted molar refractivity (Wildman–Crippen MR) is 128 cm³/mol. The molecule has 2 aromatic heterocycles. The molecule has 0 aliphatic heterocycles. The third kappa shape index (κ3) is 5.03. The lowest BCUT2D eigenvalue weighted by Gasteiger charge is -2.20. The Balaban J connectivity index is 1.67. The average molecular weight is 466 g/mol. The van der Waals surface area contributed by atoms with Crippen LogP contribution in [0.25, 0.3) is 10.2 Å². The van der Waals surface area contributed by atoms with E-state index in [0.29, 0.717) is 10.7 Å². The Bertz CT molecular complexity index is 1310. The summed E-state index contributed by atoms with van der Waals surface area (Å²) in [5.74, 6) is -1.27. The Hall–Kier alpha value is -3.10. The van der Waals surface area contributed by atoms with Gasteiger partial charge in [-0.2, -0.15) is 0 Å². The zero-order valence-electron chi connectivity index (χ0n) is 17.9. The van der Waals surface area contributed by atoms with Crippen LogP contribution in [-0.2, 0) is 26.9 Å². The first-order valence-electron chi connectivity index (χ1n) is 10.1. The van der Waals surface area contributed by atoms with Crippen LogP contribution in [0.15, 0.2) is 67.0 Å². The first-order chi connectivity index (χ1) is 15.3. The Morgan fingerprint density at radius 3 is 2.38 bits per heavy atom. The summed E-state index contributed by atoms with van der Waals surface area (Å²) in [4.78, 5) is 23.6. The van der Waals surface area contributed by atoms with Gasteiger partial charge in [-0.05, 0) is 42.2 Å². The van der Waals surface area contributed by atoms with Crippen LogP contribution in [-0.4, -0.2) is 30.0 Å². The van der Waals surface area contributed by atoms with E-state index in [-0.39, 0.29) is 12.3 Å². The first-order valence-corrected chi connectivity index (χ1v) is 12.8. The molecular weight excluding hydrogens is 442 g/mol. The van der Waals surface area contributed by atoms with Crippen molar-refractivity contribution in [1.82, 2.24) is 9.97 Å². The van der Waals surface area contributed by atoms with E-state index >= 15 is 0 Å². The van der Waals surface area contributed by atoms with Crippen LogP contribution in [0, 0.1) is 13.8 Å². The zero-order chi connectivity index (χ0) is 22.7. The van der Waals surface area contributed by atoms with Gasteiger partial charge in [-0.3, -0.25) is 14.7 Å². The number of carbonyl (C=O) groups is 1. The standard InChI is InChI=1S/C24H23N3O3S2/c1-17-10-11-18(2)23-22(17)26-24(31-23)27(14-20-9-6-12-25-13-20)21(28)16-32(29,30)15-19-7-4-3-5-8-19/h3-13H,14-16H2,1-2H3. The molecule has 0 aliphatic carbocycles. The summed E-state index contributed by atoms with van der Waals surface area (Å²) >= 11 is 1.40. The Morgan fingerprint density at radius 1 is 0.969 bits per heavy atom. The molecule has 6 nitrogen and oxygen atoms in total. The second-order valence-corrected chi connectivity index (χ2v) is 10.8. The van der Waals surface area contributed by atoms with Gasteiger partial charge in [-0.1, -0.05) is 59.9 Å². The van der Waals surface area contributed by atoms with Crippen molar-refractivity contribution in [2.75, 3.05) is 10.7 Å². The highest BCUT2D eigenvalue weighted by molar-refractivity contribution is 7.91. The lowest BCUT2D eigenvalue weighted by molar-refractivity contribution is -0.116. The number of benzene rings is 2. The zero-order valence-corrected chi connectivity index (χ0v) is 19.5. The third-order valence-corrected chi connectivity index (χ3v) is 7.77. The van der Waals surface area contributed by atoms with Crippen molar-refractivity contribution in [2.24, 2.45) is 0 Å². The van der Waals surface area contributed by atoms with Gasteiger partial charge in [-0.15, -0.1) is 0 Å². The fraction of sp³-hybridized carbons (Fsp3) is 0.208. The smallest absolute Gasteiger partial charge is 0.244 e. The minimum absolute atomic E-state index is 0.182. The number of carbonyl (C=O) groups excluding carboxylic acids is 1. The van der Waals surface area contributed by atoms with Crippen LogP contribution in [0.2, 0.25) is 0 Å². The van der Waals surface area contributed by atoms with E-state index in [4.69, 9.17) is 4.98 Å². The van der Waals surface area contributed by atoms with E-state index in [1.54, 1.807) is 42.7 Å². The van der Waals surface area contributed by atoms with Gasteiger partial charge >= 0.3 is 0 Å². The van der Waals surface area contributed by atoms with E-state index in [1.807, 2.05) is 38.1 Å². The number of nitrogens with zero attached hydrogens (tertiary/aromatic N) is 3. The molecule has 0 unspecified atom stereocenters. The molecule has 4 aromatic rings. The summed E-state index contributed by atoms with van der Waals surface area (Å²) in [6.07, 6.45) is 3.33. The predicted octanol–water partition coefficient (Wildman–Crippen LogP) is 4.46. The number of anilines is 1. The third-order valence-electron chi connectivity index (χ3n) is 5.10. The molecule has 2 aromatic carbocycles. The molecule has 0 saturated carbocycles. The van der Waals surface area contributed by atoms with Gasteiger partial charge in [0, 0.05) is 12.4 Å². The van der Waals surface area contributed by atoms with Gasteiger partial charge < -0.3 is 0 Å². The molecular formula is C24H23N3O3S2. The number of hydrogen-bond donors (Lipinski definition) is 0. The highest BCUT2D eigenvalue weighted by atomic mass is 32.2. The Morgan fingerprint density at radius 2 is 1.69 bits per heavy atom. The molecule has 0 atom stereocenters. The second-order valence-electron chi connectivity index (χ2n) is 7.73. The van der Waals surface area contributed by atoms with Crippen LogP contribution in [0.4, 0.5) is 5.13 Å². The molecule has 0 saturated heterocycles. The largest absolute Gasteiger partial charge is 0.283 e. The number of thiazole rings is 1. The van der Waals surface area contributed by atoms with Crippen molar-refractivity contribution in [3.63, 3.8) is 0 Å². The van der Waals surface area contributed by atoms with E-state index in [2.05, 4.69) is 4.98 Å². The van der Waals surface area contributed by atoms with Gasteiger partial charge in [0.15, 0.2) is 15.0 Å². The minimum atomic E-state index is -3.66. The lowest BCUT2D eigenvalue weighted by atomic mass is 10.1. The Kier molecular flexibility index (Phi) is 6.34. The summed E-state index contributed by atoms with van der Waals surface area (Å²) in [6, 6.07) is 16.6. The van der Waals surface area contributed by atoms with E-state index in [1.165, 1.54) is 16.2 Å².